The highest BCUT2D eigenvalue weighted by molar-refractivity contribution is 5.86. The average molecular weight is 810 g/mol. The Morgan fingerprint density at radius 2 is 1.76 bits per heavy atom. The lowest BCUT2D eigenvalue weighted by Crippen LogP contribution is -2.51. The fourth-order valence-corrected chi connectivity index (χ4v) is 6.81. The first-order valence-corrected chi connectivity index (χ1v) is 20.3. The van der Waals surface area contributed by atoms with Crippen LogP contribution in [0.4, 0.5) is 4.79 Å². The fraction of sp³-hybridized carbons (Fsp3) is 0.477. The van der Waals surface area contributed by atoms with Crippen molar-refractivity contribution in [1.29, 1.82) is 0 Å². The fourth-order valence-electron chi connectivity index (χ4n) is 6.81. The number of imidazole rings is 2. The highest BCUT2D eigenvalue weighted by Crippen LogP contribution is 2.37. The number of hydrogen-bond donors (Lipinski definition) is 5. The maximum Gasteiger partial charge on any atom is 0.407 e. The predicted molar refractivity (Wildman–Crippen MR) is 226 cm³/mol. The van der Waals surface area contributed by atoms with Gasteiger partial charge in [0.15, 0.2) is 0 Å². The molecule has 316 valence electrons. The molecular weight excluding hydrogens is 751 g/mol. The Morgan fingerprint density at radius 3 is 2.44 bits per heavy atom. The Bertz CT molecular complexity index is 2050. The van der Waals surface area contributed by atoms with Crippen molar-refractivity contribution >= 4 is 24.4 Å². The summed E-state index contributed by atoms with van der Waals surface area (Å²) in [5.74, 6) is 8.03. The van der Waals surface area contributed by atoms with Crippen LogP contribution in [0.3, 0.4) is 0 Å². The molecule has 1 fully saturated rings. The molecule has 3 aromatic heterocycles. The molecule has 4 heterocycles. The van der Waals surface area contributed by atoms with Gasteiger partial charge in [0.05, 0.1) is 50.1 Å². The number of benzene rings is 1. The smallest absolute Gasteiger partial charge is 0.407 e. The summed E-state index contributed by atoms with van der Waals surface area (Å²) in [6.45, 7) is 10.0. The number of methoxy groups -OCH3 is 2. The summed E-state index contributed by atoms with van der Waals surface area (Å²) >= 11 is 0. The van der Waals surface area contributed by atoms with E-state index in [4.69, 9.17) is 14.5 Å². The number of pyridine rings is 1. The van der Waals surface area contributed by atoms with Crippen LogP contribution in [0.2, 0.25) is 0 Å². The van der Waals surface area contributed by atoms with Crippen LogP contribution in [0.15, 0.2) is 42.7 Å². The molecule has 5 N–H and O–H groups in total. The molecule has 2 unspecified atom stereocenters. The van der Waals surface area contributed by atoms with Crippen molar-refractivity contribution in [3.05, 3.63) is 76.8 Å². The number of H-pyrrole nitrogens is 2. The zero-order chi connectivity index (χ0) is 42.7. The number of nitrogens with one attached hydrogen (secondary N) is 5. The number of unbranched alkanes of at least 4 members (excludes halogenated alkanes) is 1. The van der Waals surface area contributed by atoms with Crippen LogP contribution in [-0.2, 0) is 43.1 Å². The molecule has 2 atom stereocenters. The molecule has 1 aliphatic carbocycles. The van der Waals surface area contributed by atoms with Crippen LogP contribution in [0.5, 0.6) is 0 Å². The quantitative estimate of drug-likeness (QED) is 0.0675. The van der Waals surface area contributed by atoms with Gasteiger partial charge in [-0.25, -0.2) is 14.8 Å². The Labute approximate surface area is 347 Å². The number of aromatic amines is 2. The van der Waals surface area contributed by atoms with E-state index in [0.29, 0.717) is 26.1 Å². The molecule has 15 nitrogen and oxygen atoms in total. The van der Waals surface area contributed by atoms with E-state index in [1.165, 1.54) is 26.2 Å². The van der Waals surface area contributed by atoms with Crippen molar-refractivity contribution in [3.8, 4) is 34.5 Å². The first-order chi connectivity index (χ1) is 28.6. The van der Waals surface area contributed by atoms with Crippen molar-refractivity contribution in [2.45, 2.75) is 91.1 Å². The van der Waals surface area contributed by atoms with Gasteiger partial charge >= 0.3 is 6.09 Å². The zero-order valence-corrected chi connectivity index (χ0v) is 35.4. The summed E-state index contributed by atoms with van der Waals surface area (Å²) in [6.07, 6.45) is 10.2. The minimum atomic E-state index is -0.672. The Balaban J connectivity index is 0.00000102. The van der Waals surface area contributed by atoms with Crippen LogP contribution in [0.25, 0.3) is 22.6 Å². The number of carbonyl (C=O) groups excluding carboxylic acids is 4. The van der Waals surface area contributed by atoms with Gasteiger partial charge in [0.1, 0.15) is 17.7 Å². The number of aromatic nitrogens is 5. The topological polar surface area (TPSA) is 196 Å². The minimum absolute atomic E-state index is 0.00499. The van der Waals surface area contributed by atoms with E-state index in [1.54, 1.807) is 19.4 Å². The first kappa shape index (κ1) is 45.7. The van der Waals surface area contributed by atoms with Gasteiger partial charge in [-0.3, -0.25) is 19.4 Å². The summed E-state index contributed by atoms with van der Waals surface area (Å²) in [5.41, 5.74) is 7.68. The summed E-state index contributed by atoms with van der Waals surface area (Å²) in [6, 6.07) is 9.31. The van der Waals surface area contributed by atoms with E-state index < -0.39 is 12.1 Å². The minimum Gasteiger partial charge on any atom is -0.471 e. The summed E-state index contributed by atoms with van der Waals surface area (Å²) < 4.78 is 8.63. The van der Waals surface area contributed by atoms with Gasteiger partial charge in [-0.1, -0.05) is 52.0 Å². The van der Waals surface area contributed by atoms with E-state index in [9.17, 15) is 14.4 Å². The largest absolute Gasteiger partial charge is 0.471 e. The molecule has 59 heavy (non-hydrogen) atoms. The second kappa shape index (κ2) is 23.4. The second-order valence-electron chi connectivity index (χ2n) is 14.7. The van der Waals surface area contributed by atoms with Crippen molar-refractivity contribution in [3.63, 3.8) is 0 Å². The van der Waals surface area contributed by atoms with E-state index >= 15 is 0 Å². The molecule has 0 bridgehead atoms. The number of carbonyl (C=O) groups is 4. The van der Waals surface area contributed by atoms with E-state index in [0.717, 1.165) is 96.1 Å². The van der Waals surface area contributed by atoms with Crippen LogP contribution < -0.4 is 16.0 Å². The molecule has 0 saturated carbocycles. The normalized spacial score (nSPS) is 14.2. The van der Waals surface area contributed by atoms with Crippen LogP contribution in [0.1, 0.15) is 99.9 Å². The number of aryl methyl sites for hydroxylation is 3. The van der Waals surface area contributed by atoms with Crippen LogP contribution >= 0.6 is 0 Å². The molecule has 2 aliphatic rings. The highest BCUT2D eigenvalue weighted by atomic mass is 16.5. The lowest BCUT2D eigenvalue weighted by atomic mass is 9.91. The van der Waals surface area contributed by atoms with Crippen LogP contribution in [-0.4, -0.2) is 101 Å². The first-order valence-electron chi connectivity index (χ1n) is 20.3. The van der Waals surface area contributed by atoms with Gasteiger partial charge < -0.3 is 40.3 Å². The SMILES string of the molecule is CCC.CNCC(=O)NCCCCc1ncc(-c2ccc(C#Cc3ccc4c(c3)CCc3[nH]c(C5CCCN5C(=O)C(NC(=O)OC)C(C)C)nc3-4)cn2)[nH]1.COC=O. The molecule has 1 aromatic carbocycles. The number of rotatable bonds is 13. The van der Waals surface area contributed by atoms with Gasteiger partial charge in [-0.05, 0) is 81.3 Å². The third-order valence-corrected chi connectivity index (χ3v) is 9.66. The number of fused-ring (bicyclic) bond motifs is 3. The van der Waals surface area contributed by atoms with Gasteiger partial charge in [-0.2, -0.15) is 0 Å². The standard InChI is InChI=1S/C39H47N9O4.C3H8.C2H4O2/c1-24(2)35(47-39(51)52-4)38(50)48-19-7-8-32(48)37-45-30-17-14-27-20-25(12-15-28(27)36(30)46-37)10-11-26-13-16-29(42-21-26)31-22-43-33(44-31)9-5-6-18-41-34(49)23-40-3;1-3-2;1-4-2-3/h12-13,15-16,20-22,24,32,35,40H,5-9,14,17-19,23H2,1-4H3,(H,41,49)(H,43,44)(H,45,46)(H,47,51);3H2,1-2H3;2H,1H3. The predicted octanol–water partition coefficient (Wildman–Crippen LogP) is 5.27. The van der Waals surface area contributed by atoms with Crippen molar-refractivity contribution < 1.29 is 28.7 Å². The van der Waals surface area contributed by atoms with Crippen molar-refractivity contribution in [1.82, 2.24) is 45.8 Å². The van der Waals surface area contributed by atoms with Gasteiger partial charge in [0.2, 0.25) is 11.8 Å². The summed E-state index contributed by atoms with van der Waals surface area (Å²) in [4.78, 5) is 69.0. The third-order valence-electron chi connectivity index (χ3n) is 9.66. The van der Waals surface area contributed by atoms with Crippen LogP contribution in [0, 0.1) is 17.8 Å². The molecule has 0 spiro atoms. The van der Waals surface area contributed by atoms with E-state index in [-0.39, 0.29) is 23.8 Å². The lowest BCUT2D eigenvalue weighted by Gasteiger charge is -2.30. The lowest BCUT2D eigenvalue weighted by molar-refractivity contribution is -0.135. The van der Waals surface area contributed by atoms with Gasteiger partial charge in [0, 0.05) is 48.1 Å². The maximum atomic E-state index is 13.6. The number of likely N-dealkylation sites (N-methyl/N-ethyl adjacent to an activating group) is 1. The number of nitrogens with zero attached hydrogens (tertiary/aromatic N) is 4. The van der Waals surface area contributed by atoms with E-state index in [1.807, 2.05) is 36.9 Å². The Kier molecular flexibility index (Phi) is 18.1. The molecule has 3 amide bonds. The van der Waals surface area contributed by atoms with Crippen molar-refractivity contribution in [2.24, 2.45) is 5.92 Å². The number of likely N-dealkylation sites (tertiary alicyclic amines) is 1. The molecule has 0 radical (unpaired) electrons. The highest BCUT2D eigenvalue weighted by Gasteiger charge is 2.38. The number of hydrogen-bond acceptors (Lipinski definition) is 10. The third kappa shape index (κ3) is 13.0. The number of alkyl carbamates (subject to hydrolysis) is 1. The van der Waals surface area contributed by atoms with Gasteiger partial charge in [-0.15, -0.1) is 0 Å². The monoisotopic (exact) mass is 809 g/mol. The summed E-state index contributed by atoms with van der Waals surface area (Å²) in [5, 5.41) is 8.45. The van der Waals surface area contributed by atoms with Gasteiger partial charge in [0.25, 0.3) is 6.47 Å². The summed E-state index contributed by atoms with van der Waals surface area (Å²) in [7, 11) is 4.37. The molecule has 15 heteroatoms. The second-order valence-corrected chi connectivity index (χ2v) is 14.7. The number of ether oxygens (including phenoxy) is 2. The molecular formula is C44H59N9O6. The Hall–Kier alpha value is -6.01. The molecule has 4 aromatic rings. The van der Waals surface area contributed by atoms with E-state index in [2.05, 4.69) is 78.4 Å². The van der Waals surface area contributed by atoms with Crippen molar-refractivity contribution in [2.75, 3.05) is 40.9 Å². The number of amides is 3. The average Bonchev–Trinajstić information content (AvgIpc) is 4.03. The molecule has 1 saturated heterocycles. The zero-order valence-electron chi connectivity index (χ0n) is 35.4. The molecule has 6 rings (SSSR count). The Morgan fingerprint density at radius 1 is 1.02 bits per heavy atom. The molecule has 1 aliphatic heterocycles. The maximum absolute atomic E-state index is 13.6.